The molecule has 0 radical (unpaired) electrons. The number of likely N-dealkylation sites (tertiary alicyclic amines) is 1. The van der Waals surface area contributed by atoms with Gasteiger partial charge in [-0.05, 0) is 43.4 Å². The molecule has 7 heteroatoms. The Morgan fingerprint density at radius 3 is 2.64 bits per heavy atom. The van der Waals surface area contributed by atoms with Gasteiger partial charge in [-0.15, -0.1) is 0 Å². The van der Waals surface area contributed by atoms with Gasteiger partial charge in [0, 0.05) is 24.4 Å². The fourth-order valence-corrected chi connectivity index (χ4v) is 5.40. The molecule has 0 unspecified atom stereocenters. The lowest BCUT2D eigenvalue weighted by Crippen LogP contribution is -2.43. The molecule has 136 valence electrons. The molecule has 1 saturated carbocycles. The van der Waals surface area contributed by atoms with Crippen LogP contribution in [0.1, 0.15) is 48.5 Å². The first-order valence-electron chi connectivity index (χ1n) is 8.58. The van der Waals surface area contributed by atoms with Gasteiger partial charge in [0.15, 0.2) is 9.84 Å². The second kappa shape index (κ2) is 6.12. The van der Waals surface area contributed by atoms with E-state index in [2.05, 4.69) is 0 Å². The number of fused-ring (bicyclic) bond motifs is 1. The van der Waals surface area contributed by atoms with Crippen molar-refractivity contribution in [3.05, 3.63) is 29.3 Å². The predicted molar refractivity (Wildman–Crippen MR) is 92.3 cm³/mol. The number of carboxylic acid groups (broad SMARTS) is 1. The zero-order valence-corrected chi connectivity index (χ0v) is 15.3. The summed E-state index contributed by atoms with van der Waals surface area (Å²) in [5.74, 6) is -1.11. The maximum Gasteiger partial charge on any atom is 0.311 e. The van der Waals surface area contributed by atoms with E-state index in [1.54, 1.807) is 17.0 Å². The van der Waals surface area contributed by atoms with Gasteiger partial charge in [-0.3, -0.25) is 9.59 Å². The van der Waals surface area contributed by atoms with Crippen molar-refractivity contribution < 1.29 is 23.1 Å². The zero-order chi connectivity index (χ0) is 18.4. The van der Waals surface area contributed by atoms with Crippen LogP contribution >= 0.6 is 0 Å². The summed E-state index contributed by atoms with van der Waals surface area (Å²) in [5.41, 5.74) is 0.158. The molecule has 6 nitrogen and oxygen atoms in total. The van der Waals surface area contributed by atoms with Crippen molar-refractivity contribution in [3.63, 3.8) is 0 Å². The zero-order valence-electron chi connectivity index (χ0n) is 14.5. The van der Waals surface area contributed by atoms with Crippen LogP contribution in [0.3, 0.4) is 0 Å². The van der Waals surface area contributed by atoms with Gasteiger partial charge in [0.1, 0.15) is 0 Å². The number of hydrogen-bond donors (Lipinski definition) is 1. The molecular formula is C18H23NO5S. The fourth-order valence-electron chi connectivity index (χ4n) is 4.37. The van der Waals surface area contributed by atoms with Crippen molar-refractivity contribution in [3.8, 4) is 0 Å². The lowest BCUT2D eigenvalue weighted by atomic mass is 9.82. The molecule has 1 saturated heterocycles. The van der Waals surface area contributed by atoms with Crippen LogP contribution in [0.4, 0.5) is 0 Å². The Labute approximate surface area is 147 Å². The van der Waals surface area contributed by atoms with Crippen LogP contribution in [-0.4, -0.2) is 49.1 Å². The summed E-state index contributed by atoms with van der Waals surface area (Å²) in [5, 5.41) is 9.65. The SMILES string of the molecule is CCc1ccc(C(=O)N2CC[C@]3(C(=O)O)CCC[C@H]23)cc1S(C)(=O)=O. The van der Waals surface area contributed by atoms with Crippen molar-refractivity contribution in [2.24, 2.45) is 5.41 Å². The summed E-state index contributed by atoms with van der Waals surface area (Å²) in [6, 6.07) is 4.46. The van der Waals surface area contributed by atoms with Crippen molar-refractivity contribution in [1.82, 2.24) is 4.90 Å². The fraction of sp³-hybridized carbons (Fsp3) is 0.556. The largest absolute Gasteiger partial charge is 0.481 e. The van der Waals surface area contributed by atoms with Gasteiger partial charge in [0.05, 0.1) is 10.3 Å². The lowest BCUT2D eigenvalue weighted by molar-refractivity contribution is -0.149. The normalized spacial score (nSPS) is 25.8. The van der Waals surface area contributed by atoms with Gasteiger partial charge < -0.3 is 10.0 Å². The van der Waals surface area contributed by atoms with Gasteiger partial charge in [-0.25, -0.2) is 8.42 Å². The monoisotopic (exact) mass is 365 g/mol. The number of aryl methyl sites for hydroxylation is 1. The first kappa shape index (κ1) is 17.9. The van der Waals surface area contributed by atoms with Crippen molar-refractivity contribution in [2.45, 2.75) is 50.0 Å². The molecule has 25 heavy (non-hydrogen) atoms. The Morgan fingerprint density at radius 1 is 1.32 bits per heavy atom. The van der Waals surface area contributed by atoms with E-state index in [0.29, 0.717) is 43.4 Å². The first-order valence-corrected chi connectivity index (χ1v) is 10.5. The minimum atomic E-state index is -3.43. The molecule has 0 aromatic heterocycles. The van der Waals surface area contributed by atoms with E-state index in [-0.39, 0.29) is 16.8 Å². The van der Waals surface area contributed by atoms with Crippen LogP contribution in [0, 0.1) is 5.41 Å². The molecule has 1 aromatic carbocycles. The number of carbonyl (C=O) groups excluding carboxylic acids is 1. The quantitative estimate of drug-likeness (QED) is 0.882. The first-order chi connectivity index (χ1) is 11.7. The predicted octanol–water partition coefficient (Wildman–Crippen LogP) is 2.12. The number of benzene rings is 1. The number of carbonyl (C=O) groups is 2. The smallest absolute Gasteiger partial charge is 0.311 e. The van der Waals surface area contributed by atoms with Gasteiger partial charge in [0.2, 0.25) is 0 Å². The molecule has 0 bridgehead atoms. The van der Waals surface area contributed by atoms with Crippen LogP contribution in [0.25, 0.3) is 0 Å². The number of aliphatic carboxylic acids is 1. The molecule has 1 heterocycles. The van der Waals surface area contributed by atoms with E-state index >= 15 is 0 Å². The van der Waals surface area contributed by atoms with Gasteiger partial charge in [0.25, 0.3) is 5.91 Å². The summed E-state index contributed by atoms with van der Waals surface area (Å²) < 4.78 is 24.1. The molecule has 2 aliphatic rings. The highest BCUT2D eigenvalue weighted by atomic mass is 32.2. The Morgan fingerprint density at radius 2 is 2.04 bits per heavy atom. The molecule has 2 fully saturated rings. The van der Waals surface area contributed by atoms with E-state index in [4.69, 9.17) is 0 Å². The van der Waals surface area contributed by atoms with Crippen molar-refractivity contribution in [1.29, 1.82) is 0 Å². The highest BCUT2D eigenvalue weighted by Gasteiger charge is 2.56. The van der Waals surface area contributed by atoms with Crippen LogP contribution in [0.2, 0.25) is 0 Å². The second-order valence-corrected chi connectivity index (χ2v) is 9.05. The molecule has 0 spiro atoms. The lowest BCUT2D eigenvalue weighted by Gasteiger charge is -2.29. The third-order valence-corrected chi connectivity index (χ3v) is 6.87. The van der Waals surface area contributed by atoms with Gasteiger partial charge >= 0.3 is 5.97 Å². The molecule has 2 atom stereocenters. The average Bonchev–Trinajstić information content (AvgIpc) is 3.12. The molecule has 1 amide bonds. The van der Waals surface area contributed by atoms with E-state index in [1.165, 1.54) is 6.07 Å². The Hall–Kier alpha value is -1.89. The molecule has 1 N–H and O–H groups in total. The Balaban J connectivity index is 1.96. The topological polar surface area (TPSA) is 91.8 Å². The minimum Gasteiger partial charge on any atom is -0.481 e. The van der Waals surface area contributed by atoms with E-state index in [0.717, 1.165) is 12.7 Å². The number of carboxylic acids is 1. The van der Waals surface area contributed by atoms with Crippen molar-refractivity contribution >= 4 is 21.7 Å². The highest BCUT2D eigenvalue weighted by Crippen LogP contribution is 2.49. The van der Waals surface area contributed by atoms with E-state index < -0.39 is 21.2 Å². The number of nitrogens with zero attached hydrogens (tertiary/aromatic N) is 1. The third kappa shape index (κ3) is 2.84. The standard InChI is InChI=1S/C18H23NO5S/c1-3-12-6-7-13(11-14(12)25(2,23)24)16(20)19-10-9-18(17(21)22)8-4-5-15(18)19/h6-7,11,15H,3-5,8-10H2,1-2H3,(H,21,22)/t15-,18+/m0/s1. The van der Waals surface area contributed by atoms with Gasteiger partial charge in [-0.1, -0.05) is 19.4 Å². The summed E-state index contributed by atoms with van der Waals surface area (Å²) in [6.45, 7) is 2.27. The van der Waals surface area contributed by atoms with Gasteiger partial charge in [-0.2, -0.15) is 0 Å². The molecule has 1 aliphatic heterocycles. The second-order valence-electron chi connectivity index (χ2n) is 7.07. The molecule has 1 aromatic rings. The summed E-state index contributed by atoms with van der Waals surface area (Å²) in [4.78, 5) is 26.5. The van der Waals surface area contributed by atoms with Crippen LogP contribution in [0.15, 0.2) is 23.1 Å². The van der Waals surface area contributed by atoms with Crippen molar-refractivity contribution in [2.75, 3.05) is 12.8 Å². The molecule has 3 rings (SSSR count). The maximum atomic E-state index is 13.0. The average molecular weight is 365 g/mol. The maximum absolute atomic E-state index is 13.0. The number of sulfone groups is 1. The minimum absolute atomic E-state index is 0.177. The Bertz CT molecular complexity index is 832. The molecule has 1 aliphatic carbocycles. The summed E-state index contributed by atoms with van der Waals surface area (Å²) in [7, 11) is -3.43. The summed E-state index contributed by atoms with van der Waals surface area (Å²) in [6.07, 6.45) is 4.24. The third-order valence-electron chi connectivity index (χ3n) is 5.69. The molecular weight excluding hydrogens is 342 g/mol. The number of rotatable bonds is 4. The van der Waals surface area contributed by atoms with E-state index in [1.807, 2.05) is 6.92 Å². The van der Waals surface area contributed by atoms with E-state index in [9.17, 15) is 23.1 Å². The Kier molecular flexibility index (Phi) is 4.39. The van der Waals surface area contributed by atoms with Crippen LogP contribution < -0.4 is 0 Å². The van der Waals surface area contributed by atoms with Crippen LogP contribution in [0.5, 0.6) is 0 Å². The highest BCUT2D eigenvalue weighted by molar-refractivity contribution is 7.90. The summed E-state index contributed by atoms with van der Waals surface area (Å²) >= 11 is 0. The number of amides is 1. The van der Waals surface area contributed by atoms with Crippen LogP contribution in [-0.2, 0) is 21.1 Å². The number of hydrogen-bond acceptors (Lipinski definition) is 4.